The smallest absolute Gasteiger partial charge is 0.344 e. The van der Waals surface area contributed by atoms with Gasteiger partial charge in [0, 0.05) is 28.3 Å². The molecule has 4 aromatic rings. The van der Waals surface area contributed by atoms with E-state index in [9.17, 15) is 9.90 Å². The van der Waals surface area contributed by atoms with E-state index in [1.54, 1.807) is 24.6 Å². The zero-order valence-corrected chi connectivity index (χ0v) is 15.7. The maximum absolute atomic E-state index is 12.4. The highest BCUT2D eigenvalue weighted by atomic mass is 32.2. The molecule has 0 aliphatic carbocycles. The average Bonchev–Trinajstić information content (AvgIpc) is 3.24. The Kier molecular flexibility index (Phi) is 4.33. The molecule has 27 heavy (non-hydrogen) atoms. The molecule has 2 aromatic carbocycles. The van der Waals surface area contributed by atoms with Crippen LogP contribution in [0.2, 0.25) is 0 Å². The van der Waals surface area contributed by atoms with E-state index < -0.39 is 5.60 Å². The highest BCUT2D eigenvalue weighted by Gasteiger charge is 2.19. The van der Waals surface area contributed by atoms with E-state index in [4.69, 9.17) is 4.42 Å². The molecule has 0 aliphatic heterocycles. The molecule has 7 heteroatoms. The molecule has 0 unspecified atom stereocenters. The number of urea groups is 1. The van der Waals surface area contributed by atoms with Gasteiger partial charge in [0.15, 0.2) is 5.09 Å². The lowest BCUT2D eigenvalue weighted by atomic mass is 10.0. The lowest BCUT2D eigenvalue weighted by Gasteiger charge is -2.13. The number of hydrogen-bond donors (Lipinski definition) is 3. The largest absolute Gasteiger partial charge is 0.456 e. The minimum atomic E-state index is -0.993. The Bertz CT molecular complexity index is 1070. The molecule has 2 aromatic heterocycles. The third-order valence-electron chi connectivity index (χ3n) is 4.32. The Balaban J connectivity index is 1.54. The molecular weight excluding hydrogens is 362 g/mol. The Labute approximate surface area is 160 Å². The standard InChI is InChI=1S/C20H19N3O3S/c1-20(2,25)13-11-18(26-12-13)27-22-19(24)21-23-16-9-5-3-7-14(16)15-8-4-6-10-17(15)23/h3-12,25H,1-2H3,(H2,21,22,24). The molecule has 0 saturated heterocycles. The molecule has 138 valence electrons. The molecule has 0 bridgehead atoms. The van der Waals surface area contributed by atoms with Crippen LogP contribution in [-0.4, -0.2) is 15.8 Å². The Morgan fingerprint density at radius 1 is 1.07 bits per heavy atom. The number of fused-ring (bicyclic) bond motifs is 3. The van der Waals surface area contributed by atoms with Crippen molar-refractivity contribution >= 4 is 39.8 Å². The summed E-state index contributed by atoms with van der Waals surface area (Å²) in [7, 11) is 0. The minimum Gasteiger partial charge on any atom is -0.456 e. The van der Waals surface area contributed by atoms with Crippen LogP contribution in [0.5, 0.6) is 0 Å². The summed E-state index contributed by atoms with van der Waals surface area (Å²) in [6, 6.07) is 17.1. The number of amides is 2. The molecule has 0 saturated carbocycles. The van der Waals surface area contributed by atoms with Crippen molar-refractivity contribution in [1.29, 1.82) is 0 Å². The van der Waals surface area contributed by atoms with Crippen LogP contribution < -0.4 is 10.1 Å². The van der Waals surface area contributed by atoms with Gasteiger partial charge in [0.1, 0.15) is 0 Å². The lowest BCUT2D eigenvalue weighted by molar-refractivity contribution is 0.0779. The molecule has 0 atom stereocenters. The summed E-state index contributed by atoms with van der Waals surface area (Å²) in [5.74, 6) is 0. The average molecular weight is 381 g/mol. The maximum Gasteiger partial charge on any atom is 0.344 e. The van der Waals surface area contributed by atoms with Gasteiger partial charge >= 0.3 is 6.03 Å². The molecule has 2 amide bonds. The van der Waals surface area contributed by atoms with Gasteiger partial charge in [-0.3, -0.25) is 9.40 Å². The van der Waals surface area contributed by atoms with E-state index in [-0.39, 0.29) is 6.03 Å². The van der Waals surface area contributed by atoms with Gasteiger partial charge in [0.2, 0.25) is 0 Å². The number of aliphatic hydroxyl groups is 1. The van der Waals surface area contributed by atoms with Crippen molar-refractivity contribution in [1.82, 2.24) is 9.40 Å². The van der Waals surface area contributed by atoms with Crippen LogP contribution in [0, 0.1) is 0 Å². The molecule has 0 spiro atoms. The molecule has 0 radical (unpaired) electrons. The summed E-state index contributed by atoms with van der Waals surface area (Å²) in [6.07, 6.45) is 1.48. The molecule has 4 rings (SSSR count). The van der Waals surface area contributed by atoms with Crippen molar-refractivity contribution in [2.75, 3.05) is 5.43 Å². The highest BCUT2D eigenvalue weighted by Crippen LogP contribution is 2.28. The molecule has 3 N–H and O–H groups in total. The predicted octanol–water partition coefficient (Wildman–Crippen LogP) is 4.58. The minimum absolute atomic E-state index is 0.382. The molecule has 6 nitrogen and oxygen atoms in total. The lowest BCUT2D eigenvalue weighted by Crippen LogP contribution is -2.29. The summed E-state index contributed by atoms with van der Waals surface area (Å²) in [6.45, 7) is 3.35. The van der Waals surface area contributed by atoms with E-state index in [1.165, 1.54) is 6.26 Å². The third kappa shape index (κ3) is 3.39. The molecule has 2 heterocycles. The molecule has 0 aliphatic rings. The van der Waals surface area contributed by atoms with Crippen molar-refractivity contribution in [2.45, 2.75) is 24.5 Å². The summed E-state index contributed by atoms with van der Waals surface area (Å²) < 4.78 is 9.84. The predicted molar refractivity (Wildman–Crippen MR) is 107 cm³/mol. The number of nitrogens with zero attached hydrogens (tertiary/aromatic N) is 1. The van der Waals surface area contributed by atoms with Crippen LogP contribution in [0.3, 0.4) is 0 Å². The first kappa shape index (κ1) is 17.5. The van der Waals surface area contributed by atoms with Crippen molar-refractivity contribution in [2.24, 2.45) is 0 Å². The van der Waals surface area contributed by atoms with Gasteiger partial charge in [-0.2, -0.15) is 0 Å². The second-order valence-corrected chi connectivity index (χ2v) is 7.54. The number of hydrogen-bond acceptors (Lipinski definition) is 4. The number of carbonyl (C=O) groups is 1. The number of rotatable bonds is 4. The number of nitrogens with one attached hydrogen (secondary N) is 2. The van der Waals surface area contributed by atoms with Crippen LogP contribution in [0.4, 0.5) is 4.79 Å². The topological polar surface area (TPSA) is 79.4 Å². The SMILES string of the molecule is CC(C)(O)c1coc(SNC(=O)Nn2c3ccccc3c3ccccc32)c1. The van der Waals surface area contributed by atoms with Crippen LogP contribution in [0.25, 0.3) is 21.8 Å². The zero-order valence-electron chi connectivity index (χ0n) is 14.9. The van der Waals surface area contributed by atoms with Crippen molar-refractivity contribution < 1.29 is 14.3 Å². The number of para-hydroxylation sites is 2. The van der Waals surface area contributed by atoms with Gasteiger partial charge in [-0.05, 0) is 32.0 Å². The van der Waals surface area contributed by atoms with Crippen LogP contribution in [-0.2, 0) is 5.60 Å². The fourth-order valence-corrected chi connectivity index (χ4v) is 3.48. The van der Waals surface area contributed by atoms with Crippen molar-refractivity contribution in [3.8, 4) is 0 Å². The zero-order chi connectivity index (χ0) is 19.0. The number of benzene rings is 2. The first-order chi connectivity index (χ1) is 12.9. The van der Waals surface area contributed by atoms with E-state index >= 15 is 0 Å². The van der Waals surface area contributed by atoms with E-state index in [1.807, 2.05) is 48.5 Å². The van der Waals surface area contributed by atoms with Crippen LogP contribution in [0.15, 0.2) is 70.4 Å². The van der Waals surface area contributed by atoms with Gasteiger partial charge in [-0.25, -0.2) is 10.2 Å². The number of aromatic nitrogens is 1. The number of carbonyl (C=O) groups excluding carboxylic acids is 1. The molecule has 0 fully saturated rings. The van der Waals surface area contributed by atoms with Crippen molar-refractivity contribution in [3.63, 3.8) is 0 Å². The van der Waals surface area contributed by atoms with Crippen molar-refractivity contribution in [3.05, 3.63) is 66.4 Å². The summed E-state index contributed by atoms with van der Waals surface area (Å²) >= 11 is 1.04. The van der Waals surface area contributed by atoms with Crippen LogP contribution >= 0.6 is 11.9 Å². The molecular formula is C20H19N3O3S. The summed E-state index contributed by atoms with van der Waals surface area (Å²) in [4.78, 5) is 12.4. The van der Waals surface area contributed by atoms with E-state index in [2.05, 4.69) is 10.1 Å². The van der Waals surface area contributed by atoms with Crippen LogP contribution in [0.1, 0.15) is 19.4 Å². The summed E-state index contributed by atoms with van der Waals surface area (Å²) in [5.41, 5.74) is 4.36. The Morgan fingerprint density at radius 3 is 2.22 bits per heavy atom. The Hall–Kier alpha value is -2.90. The third-order valence-corrected chi connectivity index (χ3v) is 5.02. The van der Waals surface area contributed by atoms with Gasteiger partial charge in [0.25, 0.3) is 0 Å². The van der Waals surface area contributed by atoms with Gasteiger partial charge in [-0.15, -0.1) is 0 Å². The first-order valence-electron chi connectivity index (χ1n) is 8.47. The fraction of sp³-hybridized carbons (Fsp3) is 0.150. The van der Waals surface area contributed by atoms with E-state index in [0.29, 0.717) is 10.7 Å². The first-order valence-corrected chi connectivity index (χ1v) is 9.28. The number of furan rings is 1. The maximum atomic E-state index is 12.4. The second-order valence-electron chi connectivity index (χ2n) is 6.73. The van der Waals surface area contributed by atoms with Gasteiger partial charge in [0.05, 0.1) is 22.9 Å². The normalized spacial score (nSPS) is 11.8. The Morgan fingerprint density at radius 2 is 1.67 bits per heavy atom. The highest BCUT2D eigenvalue weighted by molar-refractivity contribution is 7.97. The fourth-order valence-electron chi connectivity index (χ4n) is 2.95. The summed E-state index contributed by atoms with van der Waals surface area (Å²) in [5, 5.41) is 12.6. The quantitative estimate of drug-likeness (QED) is 0.452. The van der Waals surface area contributed by atoms with Gasteiger partial charge in [-0.1, -0.05) is 36.4 Å². The van der Waals surface area contributed by atoms with Gasteiger partial charge < -0.3 is 9.52 Å². The monoisotopic (exact) mass is 381 g/mol. The van der Waals surface area contributed by atoms with E-state index in [0.717, 1.165) is 33.8 Å². The second kappa shape index (κ2) is 6.68.